The Labute approximate surface area is 121 Å². The zero-order valence-corrected chi connectivity index (χ0v) is 12.5. The smallest absolute Gasteiger partial charge is 0.166 e. The van der Waals surface area contributed by atoms with Gasteiger partial charge in [0.1, 0.15) is 11.9 Å². The fraction of sp³-hybridized carbons (Fsp3) is 0.500. The van der Waals surface area contributed by atoms with Crippen molar-refractivity contribution in [2.24, 2.45) is 5.73 Å². The summed E-state index contributed by atoms with van der Waals surface area (Å²) in [6.07, 6.45) is 1.65. The van der Waals surface area contributed by atoms with Crippen molar-refractivity contribution in [3.8, 4) is 5.75 Å². The first-order chi connectivity index (χ1) is 9.13. The van der Waals surface area contributed by atoms with E-state index in [1.54, 1.807) is 7.11 Å². The lowest BCUT2D eigenvalue weighted by Crippen LogP contribution is -2.26. The highest BCUT2D eigenvalue weighted by Crippen LogP contribution is 2.26. The molecular formula is C14H18BrNO3. The molecule has 0 aliphatic carbocycles. The molecule has 1 aromatic carbocycles. The van der Waals surface area contributed by atoms with Crippen LogP contribution in [0.4, 0.5) is 0 Å². The van der Waals surface area contributed by atoms with Gasteiger partial charge < -0.3 is 15.2 Å². The second kappa shape index (κ2) is 6.50. The van der Waals surface area contributed by atoms with Gasteiger partial charge in [-0.1, -0.05) is 15.9 Å². The molecule has 0 amide bonds. The number of carbonyl (C=O) groups is 1. The van der Waals surface area contributed by atoms with Crippen LogP contribution in [0.5, 0.6) is 5.75 Å². The highest BCUT2D eigenvalue weighted by molar-refractivity contribution is 9.10. The Morgan fingerprint density at radius 3 is 2.95 bits per heavy atom. The van der Waals surface area contributed by atoms with Crippen molar-refractivity contribution in [2.45, 2.75) is 31.5 Å². The van der Waals surface area contributed by atoms with Crippen LogP contribution in [-0.2, 0) is 16.0 Å². The fourth-order valence-electron chi connectivity index (χ4n) is 2.30. The van der Waals surface area contributed by atoms with Crippen molar-refractivity contribution in [2.75, 3.05) is 13.7 Å². The van der Waals surface area contributed by atoms with E-state index < -0.39 is 0 Å². The molecule has 1 heterocycles. The van der Waals surface area contributed by atoms with Crippen molar-refractivity contribution >= 4 is 21.7 Å². The molecule has 1 fully saturated rings. The number of halogens is 1. The summed E-state index contributed by atoms with van der Waals surface area (Å²) in [6, 6.07) is 5.65. The number of rotatable bonds is 5. The second-order valence-corrected chi connectivity index (χ2v) is 5.57. The minimum absolute atomic E-state index is 0.0263. The molecular weight excluding hydrogens is 310 g/mol. The lowest BCUT2D eigenvalue weighted by molar-refractivity contribution is -0.128. The number of ketones is 1. The van der Waals surface area contributed by atoms with Gasteiger partial charge in [-0.25, -0.2) is 0 Å². The lowest BCUT2D eigenvalue weighted by atomic mass is 10.0. The fourth-order valence-corrected chi connectivity index (χ4v) is 2.71. The predicted octanol–water partition coefficient (Wildman–Crippen LogP) is 2.08. The highest BCUT2D eigenvalue weighted by Gasteiger charge is 2.30. The molecule has 2 rings (SSSR count). The van der Waals surface area contributed by atoms with E-state index in [1.807, 2.05) is 18.2 Å². The Morgan fingerprint density at radius 1 is 1.53 bits per heavy atom. The third-order valence-electron chi connectivity index (χ3n) is 3.34. The van der Waals surface area contributed by atoms with E-state index in [1.165, 1.54) is 0 Å². The van der Waals surface area contributed by atoms with Gasteiger partial charge in [0.2, 0.25) is 0 Å². The van der Waals surface area contributed by atoms with Crippen LogP contribution in [0.1, 0.15) is 18.4 Å². The zero-order valence-electron chi connectivity index (χ0n) is 10.9. The normalized spacial score (nSPS) is 22.5. The molecule has 104 valence electrons. The monoisotopic (exact) mass is 327 g/mol. The van der Waals surface area contributed by atoms with Crippen molar-refractivity contribution in [1.82, 2.24) is 0 Å². The molecule has 4 nitrogen and oxygen atoms in total. The van der Waals surface area contributed by atoms with E-state index in [2.05, 4.69) is 15.9 Å². The summed E-state index contributed by atoms with van der Waals surface area (Å²) in [4.78, 5) is 12.2. The van der Waals surface area contributed by atoms with Gasteiger partial charge in [0.15, 0.2) is 5.78 Å². The van der Waals surface area contributed by atoms with Crippen molar-refractivity contribution in [3.05, 3.63) is 28.2 Å². The number of Topliss-reactive ketones (excluding diaryl/α,β-unsaturated/α-hetero) is 1. The molecule has 1 aromatic rings. The third-order valence-corrected chi connectivity index (χ3v) is 3.83. The van der Waals surface area contributed by atoms with Crippen molar-refractivity contribution < 1.29 is 14.3 Å². The molecule has 2 unspecified atom stereocenters. The number of carbonyl (C=O) groups excluding carboxylic acids is 1. The van der Waals surface area contributed by atoms with E-state index in [0.29, 0.717) is 13.0 Å². The Bertz CT molecular complexity index is 464. The van der Waals surface area contributed by atoms with Crippen LogP contribution in [0.2, 0.25) is 0 Å². The van der Waals surface area contributed by atoms with Gasteiger partial charge in [0, 0.05) is 23.0 Å². The van der Waals surface area contributed by atoms with E-state index in [9.17, 15) is 4.79 Å². The molecule has 0 spiro atoms. The van der Waals surface area contributed by atoms with Crippen molar-refractivity contribution in [3.63, 3.8) is 0 Å². The lowest BCUT2D eigenvalue weighted by Gasteiger charge is -2.13. The molecule has 19 heavy (non-hydrogen) atoms. The number of hydrogen-bond acceptors (Lipinski definition) is 4. The molecule has 2 N–H and O–H groups in total. The van der Waals surface area contributed by atoms with Crippen LogP contribution < -0.4 is 10.5 Å². The summed E-state index contributed by atoms with van der Waals surface area (Å²) in [5.41, 5.74) is 6.43. The molecule has 2 atom stereocenters. The molecule has 5 heteroatoms. The highest BCUT2D eigenvalue weighted by atomic mass is 79.9. The third kappa shape index (κ3) is 3.55. The zero-order chi connectivity index (χ0) is 13.8. The summed E-state index contributed by atoms with van der Waals surface area (Å²) < 4.78 is 11.8. The van der Waals surface area contributed by atoms with Gasteiger partial charge in [0.25, 0.3) is 0 Å². The number of hydrogen-bond donors (Lipinski definition) is 1. The summed E-state index contributed by atoms with van der Waals surface area (Å²) in [5.74, 6) is 0.817. The van der Waals surface area contributed by atoms with Crippen LogP contribution in [0, 0.1) is 0 Å². The van der Waals surface area contributed by atoms with Crippen LogP contribution in [0.15, 0.2) is 22.7 Å². The van der Waals surface area contributed by atoms with Crippen LogP contribution >= 0.6 is 15.9 Å². The van der Waals surface area contributed by atoms with Gasteiger partial charge in [-0.2, -0.15) is 0 Å². The van der Waals surface area contributed by atoms with Crippen LogP contribution in [-0.4, -0.2) is 31.6 Å². The van der Waals surface area contributed by atoms with Gasteiger partial charge in [-0.05, 0) is 31.0 Å². The SMILES string of the molecule is COc1ccc(Br)cc1CC(=O)C1CCC(CN)O1. The van der Waals surface area contributed by atoms with Gasteiger partial charge in [-0.15, -0.1) is 0 Å². The molecule has 0 radical (unpaired) electrons. The van der Waals surface area contributed by atoms with Gasteiger partial charge >= 0.3 is 0 Å². The van der Waals surface area contributed by atoms with Crippen LogP contribution in [0.3, 0.4) is 0 Å². The molecule has 1 saturated heterocycles. The second-order valence-electron chi connectivity index (χ2n) is 4.66. The van der Waals surface area contributed by atoms with Gasteiger partial charge in [-0.3, -0.25) is 4.79 Å². The van der Waals surface area contributed by atoms with Crippen LogP contribution in [0.25, 0.3) is 0 Å². The summed E-state index contributed by atoms with van der Waals surface area (Å²) in [7, 11) is 1.60. The van der Waals surface area contributed by atoms with E-state index >= 15 is 0 Å². The molecule has 0 aromatic heterocycles. The number of benzene rings is 1. The first-order valence-electron chi connectivity index (χ1n) is 6.34. The summed E-state index contributed by atoms with van der Waals surface area (Å²) in [6.45, 7) is 0.476. The Balaban J connectivity index is 2.05. The maximum absolute atomic E-state index is 12.2. The van der Waals surface area contributed by atoms with E-state index in [-0.39, 0.29) is 18.0 Å². The average molecular weight is 328 g/mol. The Hall–Kier alpha value is -0.910. The molecule has 0 saturated carbocycles. The standard InChI is InChI=1S/C14H18BrNO3/c1-18-13-4-2-10(15)6-9(13)7-12(17)14-5-3-11(8-16)19-14/h2,4,6,11,14H,3,5,7-8,16H2,1H3. The maximum Gasteiger partial charge on any atom is 0.166 e. The Morgan fingerprint density at radius 2 is 2.32 bits per heavy atom. The van der Waals surface area contributed by atoms with E-state index in [4.69, 9.17) is 15.2 Å². The first-order valence-corrected chi connectivity index (χ1v) is 7.14. The topological polar surface area (TPSA) is 61.5 Å². The number of methoxy groups -OCH3 is 1. The van der Waals surface area contributed by atoms with E-state index in [0.717, 1.165) is 28.6 Å². The molecule has 1 aliphatic rings. The number of ether oxygens (including phenoxy) is 2. The quantitative estimate of drug-likeness (QED) is 0.899. The minimum atomic E-state index is -0.322. The molecule has 1 aliphatic heterocycles. The van der Waals surface area contributed by atoms with Gasteiger partial charge in [0.05, 0.1) is 13.2 Å². The Kier molecular flexibility index (Phi) is 4.96. The number of nitrogens with two attached hydrogens (primary N) is 1. The largest absolute Gasteiger partial charge is 0.496 e. The average Bonchev–Trinajstić information content (AvgIpc) is 2.88. The summed E-state index contributed by atoms with van der Waals surface area (Å²) in [5, 5.41) is 0. The molecule has 0 bridgehead atoms. The first kappa shape index (κ1) is 14.5. The minimum Gasteiger partial charge on any atom is -0.496 e. The summed E-state index contributed by atoms with van der Waals surface area (Å²) >= 11 is 3.41. The maximum atomic E-state index is 12.2. The van der Waals surface area contributed by atoms with Crippen molar-refractivity contribution in [1.29, 1.82) is 0 Å². The predicted molar refractivity (Wildman–Crippen MR) is 76.4 cm³/mol.